The van der Waals surface area contributed by atoms with Crippen molar-refractivity contribution in [3.05, 3.63) is 101 Å². The highest BCUT2D eigenvalue weighted by atomic mass is 33.1. The van der Waals surface area contributed by atoms with E-state index in [2.05, 4.69) is 10.6 Å². The van der Waals surface area contributed by atoms with Gasteiger partial charge < -0.3 is 35.1 Å². The molecule has 0 aliphatic heterocycles. The van der Waals surface area contributed by atoms with Gasteiger partial charge in [-0.2, -0.15) is 0 Å². The van der Waals surface area contributed by atoms with Crippen molar-refractivity contribution in [3.63, 3.8) is 0 Å². The molecule has 0 aromatic heterocycles. The van der Waals surface area contributed by atoms with Crippen LogP contribution in [0, 0.1) is 11.3 Å². The number of aliphatic carboxylic acids is 1. The highest BCUT2D eigenvalue weighted by Gasteiger charge is 2.35. The minimum atomic E-state index is -1.28. The second kappa shape index (κ2) is 20.5. The average Bonchev–Trinajstić information content (AvgIpc) is 3.49. The number of fused-ring (bicyclic) bond motifs is 3. The van der Waals surface area contributed by atoms with Crippen LogP contribution >= 0.6 is 21.6 Å². The molecular weight excluding hydrogens is 819 g/mol. The van der Waals surface area contributed by atoms with Crippen molar-refractivity contribution in [3.8, 4) is 11.1 Å². The van der Waals surface area contributed by atoms with Crippen LogP contribution in [-0.4, -0.2) is 81.6 Å². The standard InChI is InChI=1S/C46H55N3O10S2/c1-27(2)20-35(40-38(50)21-46(6,7)22-39(40)51)47-29-18-16-28(17-19-29)23-57-42(54)37(26-61-60-25-36(41(52)53)48-44(56)59-45(3,4)5)49-43(55)58-24-34-32-14-10-8-12-30(32)31-13-9-11-15-33(31)34/h8-19,27,34,36-37,50H,20-26H2,1-7H3,(H,48,56)(H,49,55)(H,52,53)/t36-,37+/m0/s1. The lowest BCUT2D eigenvalue weighted by Gasteiger charge is -2.30. The van der Waals surface area contributed by atoms with Gasteiger partial charge in [-0.1, -0.05) is 110 Å². The molecule has 0 fully saturated rings. The van der Waals surface area contributed by atoms with Crippen LogP contribution in [0.2, 0.25) is 0 Å². The van der Waals surface area contributed by atoms with E-state index < -0.39 is 41.8 Å². The lowest BCUT2D eigenvalue weighted by atomic mass is 9.75. The summed E-state index contributed by atoms with van der Waals surface area (Å²) in [6, 6.07) is 20.3. The van der Waals surface area contributed by atoms with Crippen LogP contribution in [0.5, 0.6) is 0 Å². The maximum atomic E-state index is 13.6. The van der Waals surface area contributed by atoms with E-state index in [1.54, 1.807) is 45.0 Å². The summed E-state index contributed by atoms with van der Waals surface area (Å²) in [4.78, 5) is 69.0. The van der Waals surface area contributed by atoms with E-state index in [-0.39, 0.29) is 59.1 Å². The number of Topliss-reactive ketones (excluding diaryl/α,β-unsaturated/α-hetero) is 1. The normalized spacial score (nSPS) is 16.0. The number of carboxylic acids is 1. The smallest absolute Gasteiger partial charge is 0.408 e. The largest absolute Gasteiger partial charge is 0.511 e. The van der Waals surface area contributed by atoms with Gasteiger partial charge in [-0.3, -0.25) is 9.79 Å². The van der Waals surface area contributed by atoms with Crippen LogP contribution in [0.1, 0.15) is 90.3 Å². The number of hydrogen-bond acceptors (Lipinski definition) is 12. The fourth-order valence-electron chi connectivity index (χ4n) is 7.09. The van der Waals surface area contributed by atoms with Gasteiger partial charge in [0.2, 0.25) is 0 Å². The fraction of sp³-hybridized carbons (Fsp3) is 0.435. The summed E-state index contributed by atoms with van der Waals surface area (Å²) in [5.41, 5.74) is 5.05. The number of benzene rings is 3. The topological polar surface area (TPSA) is 190 Å². The summed E-state index contributed by atoms with van der Waals surface area (Å²) in [5.74, 6) is -2.19. The Morgan fingerprint density at radius 1 is 0.836 bits per heavy atom. The molecular formula is C46H55N3O10S2. The minimum absolute atomic E-state index is 0.0165. The molecule has 3 aromatic rings. The maximum Gasteiger partial charge on any atom is 0.408 e. The van der Waals surface area contributed by atoms with Crippen molar-refractivity contribution >= 4 is 62.9 Å². The van der Waals surface area contributed by atoms with Gasteiger partial charge in [0, 0.05) is 30.3 Å². The number of ketones is 1. The maximum absolute atomic E-state index is 13.6. The first-order valence-electron chi connectivity index (χ1n) is 20.2. The molecule has 0 spiro atoms. The zero-order valence-electron chi connectivity index (χ0n) is 35.6. The summed E-state index contributed by atoms with van der Waals surface area (Å²) >= 11 is 0. The molecule has 0 saturated heterocycles. The van der Waals surface area contributed by atoms with Crippen molar-refractivity contribution < 1.29 is 48.4 Å². The van der Waals surface area contributed by atoms with Crippen LogP contribution < -0.4 is 10.6 Å². The zero-order chi connectivity index (χ0) is 44.5. The number of esters is 1. The van der Waals surface area contributed by atoms with Crippen LogP contribution in [0.15, 0.2) is 89.1 Å². The number of carboxylic acid groups (broad SMARTS) is 1. The Labute approximate surface area is 364 Å². The molecule has 326 valence electrons. The summed E-state index contributed by atoms with van der Waals surface area (Å²) in [5, 5.41) is 25.6. The number of amides is 2. The molecule has 0 radical (unpaired) electrons. The van der Waals surface area contributed by atoms with E-state index in [1.165, 1.54) is 0 Å². The monoisotopic (exact) mass is 873 g/mol. The number of nitrogens with one attached hydrogen (secondary N) is 2. The molecule has 0 heterocycles. The quantitative estimate of drug-likeness (QED) is 0.0331. The highest BCUT2D eigenvalue weighted by Crippen LogP contribution is 2.44. The number of rotatable bonds is 17. The third-order valence-corrected chi connectivity index (χ3v) is 12.2. The Kier molecular flexibility index (Phi) is 15.7. The fourth-order valence-corrected chi connectivity index (χ4v) is 9.40. The Bertz CT molecular complexity index is 2110. The molecule has 3 aromatic carbocycles. The van der Waals surface area contributed by atoms with Crippen molar-refractivity contribution in [2.24, 2.45) is 16.3 Å². The molecule has 2 aliphatic rings. The van der Waals surface area contributed by atoms with E-state index in [4.69, 9.17) is 19.2 Å². The predicted molar refractivity (Wildman–Crippen MR) is 238 cm³/mol. The molecule has 2 aliphatic carbocycles. The van der Waals surface area contributed by atoms with Gasteiger partial charge in [0.25, 0.3) is 0 Å². The van der Waals surface area contributed by atoms with Gasteiger partial charge in [-0.15, -0.1) is 0 Å². The minimum Gasteiger partial charge on any atom is -0.511 e. The van der Waals surface area contributed by atoms with Crippen LogP contribution in [0.3, 0.4) is 0 Å². The van der Waals surface area contributed by atoms with Crippen LogP contribution in [-0.2, 0) is 35.2 Å². The number of carbonyl (C=O) groups is 5. The molecule has 5 rings (SSSR count). The summed E-state index contributed by atoms with van der Waals surface area (Å²) in [6.07, 6.45) is -0.505. The Hall–Kier alpha value is -5.28. The Balaban J connectivity index is 1.25. The van der Waals surface area contributed by atoms with Gasteiger partial charge in [0.1, 0.15) is 36.7 Å². The molecule has 15 heteroatoms. The van der Waals surface area contributed by atoms with Gasteiger partial charge in [-0.25, -0.2) is 19.2 Å². The summed E-state index contributed by atoms with van der Waals surface area (Å²) in [6.45, 7) is 12.8. The number of ether oxygens (including phenoxy) is 3. The van der Waals surface area contributed by atoms with Gasteiger partial charge in [-0.05, 0) is 78.5 Å². The lowest BCUT2D eigenvalue weighted by molar-refractivity contribution is -0.146. The zero-order valence-corrected chi connectivity index (χ0v) is 37.2. The van der Waals surface area contributed by atoms with Crippen molar-refractivity contribution in [1.29, 1.82) is 0 Å². The van der Waals surface area contributed by atoms with E-state index in [1.807, 2.05) is 76.2 Å². The summed E-state index contributed by atoms with van der Waals surface area (Å²) in [7, 11) is 2.21. The van der Waals surface area contributed by atoms with Gasteiger partial charge >= 0.3 is 24.1 Å². The molecule has 61 heavy (non-hydrogen) atoms. The average molecular weight is 874 g/mol. The van der Waals surface area contributed by atoms with Crippen LogP contribution in [0.4, 0.5) is 15.3 Å². The number of hydrogen-bond donors (Lipinski definition) is 4. The number of aliphatic imine (C=N–C) groups is 1. The van der Waals surface area contributed by atoms with Gasteiger partial charge in [0.15, 0.2) is 5.78 Å². The second-order valence-electron chi connectivity index (χ2n) is 17.3. The molecule has 2 atom stereocenters. The number of alkyl carbamates (subject to hydrolysis) is 2. The van der Waals surface area contributed by atoms with Crippen molar-refractivity contribution in [1.82, 2.24) is 10.6 Å². The molecule has 0 saturated carbocycles. The van der Waals surface area contributed by atoms with E-state index in [9.17, 15) is 34.2 Å². The first kappa shape index (κ1) is 46.8. The number of aliphatic hydroxyl groups excluding tert-OH is 1. The Morgan fingerprint density at radius 2 is 1.41 bits per heavy atom. The van der Waals surface area contributed by atoms with Gasteiger partial charge in [0.05, 0.1) is 17.0 Å². The molecule has 0 bridgehead atoms. The lowest BCUT2D eigenvalue weighted by Crippen LogP contribution is -2.45. The van der Waals surface area contributed by atoms with Crippen molar-refractivity contribution in [2.45, 2.75) is 97.9 Å². The molecule has 13 nitrogen and oxygen atoms in total. The first-order valence-corrected chi connectivity index (χ1v) is 22.7. The third-order valence-electron chi connectivity index (χ3n) is 9.79. The predicted octanol–water partition coefficient (Wildman–Crippen LogP) is 9.32. The van der Waals surface area contributed by atoms with E-state index in [0.29, 0.717) is 36.2 Å². The van der Waals surface area contributed by atoms with E-state index >= 15 is 0 Å². The first-order chi connectivity index (χ1) is 28.8. The number of aliphatic hydroxyl groups is 1. The van der Waals surface area contributed by atoms with E-state index in [0.717, 1.165) is 43.8 Å². The number of carbonyl (C=O) groups excluding carboxylic acids is 4. The molecule has 4 N–H and O–H groups in total. The van der Waals surface area contributed by atoms with Crippen LogP contribution in [0.25, 0.3) is 11.1 Å². The molecule has 2 amide bonds. The second-order valence-corrected chi connectivity index (χ2v) is 19.9. The third kappa shape index (κ3) is 13.4. The molecule has 0 unspecified atom stereocenters. The number of allylic oxidation sites excluding steroid dienone is 2. The summed E-state index contributed by atoms with van der Waals surface area (Å²) < 4.78 is 16.6. The SMILES string of the molecule is CC(C)CC(=Nc1ccc(COC(=O)[C@@H](CSSC[C@H](NC(=O)OC(C)(C)C)C(=O)O)NC(=O)OCC2c3ccccc3-c3ccccc32)cc1)C1=C(O)CC(C)(C)CC1=O. The number of nitrogens with zero attached hydrogens (tertiary/aromatic N) is 1. The highest BCUT2D eigenvalue weighted by molar-refractivity contribution is 8.76. The van der Waals surface area contributed by atoms with Crippen molar-refractivity contribution in [2.75, 3.05) is 18.1 Å². The Morgan fingerprint density at radius 3 is 1.97 bits per heavy atom.